The minimum atomic E-state index is -0.700. The minimum absolute atomic E-state index is 0.0765. The Hall–Kier alpha value is -3.10. The molecule has 1 aromatic rings. The number of carboxylic acids is 1. The van der Waals surface area contributed by atoms with Crippen molar-refractivity contribution in [2.45, 2.75) is 63.9 Å². The normalized spacial score (nSPS) is 27.2. The van der Waals surface area contributed by atoms with Gasteiger partial charge in [-0.05, 0) is 75.2 Å². The molecule has 5 rings (SSSR count). The maximum atomic E-state index is 13.4. The van der Waals surface area contributed by atoms with Gasteiger partial charge in [0.1, 0.15) is 24.1 Å². The van der Waals surface area contributed by atoms with E-state index in [1.807, 2.05) is 6.08 Å². The Kier molecular flexibility index (Phi) is 6.43. The molecule has 182 valence electrons. The molecule has 1 atom stereocenters. The monoisotopic (exact) mass is 468 g/mol. The van der Waals surface area contributed by atoms with Gasteiger partial charge in [0.15, 0.2) is 0 Å². The number of hydrogen-bond donors (Lipinski definition) is 2. The smallest absolute Gasteiger partial charge is 0.322 e. The Morgan fingerprint density at radius 2 is 2.00 bits per heavy atom. The second kappa shape index (κ2) is 9.64. The van der Waals surface area contributed by atoms with E-state index >= 15 is 0 Å². The number of rotatable bonds is 6. The number of carbonyl (C=O) groups is 2. The highest BCUT2D eigenvalue weighted by Gasteiger charge is 2.33. The molecule has 9 nitrogen and oxygen atoms in total. The van der Waals surface area contributed by atoms with Crippen molar-refractivity contribution in [3.63, 3.8) is 0 Å². The van der Waals surface area contributed by atoms with Crippen LogP contribution in [0.2, 0.25) is 0 Å². The van der Waals surface area contributed by atoms with Gasteiger partial charge in [-0.3, -0.25) is 9.59 Å². The lowest BCUT2D eigenvalue weighted by molar-refractivity contribution is -0.138. The fourth-order valence-corrected chi connectivity index (χ4v) is 5.39. The number of carboxylic acid groups (broad SMARTS) is 1. The topological polar surface area (TPSA) is 128 Å². The summed E-state index contributed by atoms with van der Waals surface area (Å²) in [5.74, 6) is 0.576. The highest BCUT2D eigenvalue weighted by Crippen LogP contribution is 2.39. The van der Waals surface area contributed by atoms with Crippen molar-refractivity contribution in [3.8, 4) is 11.9 Å². The van der Waals surface area contributed by atoms with Crippen LogP contribution >= 0.6 is 0 Å². The van der Waals surface area contributed by atoms with E-state index in [0.29, 0.717) is 30.9 Å². The van der Waals surface area contributed by atoms with Crippen molar-refractivity contribution >= 4 is 17.7 Å². The number of ether oxygens (including phenoxy) is 2. The summed E-state index contributed by atoms with van der Waals surface area (Å²) in [5, 5.41) is 9.03. The third-order valence-electron chi connectivity index (χ3n) is 7.61. The molecule has 2 heterocycles. The van der Waals surface area contributed by atoms with E-state index in [0.717, 1.165) is 57.1 Å². The van der Waals surface area contributed by atoms with Gasteiger partial charge in [-0.15, -0.1) is 0 Å². The van der Waals surface area contributed by atoms with Gasteiger partial charge in [0.2, 0.25) is 5.88 Å². The first-order valence-corrected chi connectivity index (χ1v) is 12.4. The first-order valence-electron chi connectivity index (χ1n) is 12.4. The van der Waals surface area contributed by atoms with Crippen molar-refractivity contribution in [1.82, 2.24) is 14.9 Å². The Balaban J connectivity index is 1.24. The van der Waals surface area contributed by atoms with Gasteiger partial charge in [0, 0.05) is 12.1 Å². The van der Waals surface area contributed by atoms with Crippen molar-refractivity contribution < 1.29 is 24.2 Å². The zero-order valence-corrected chi connectivity index (χ0v) is 19.3. The first kappa shape index (κ1) is 22.7. The molecule has 1 amide bonds. The van der Waals surface area contributed by atoms with Crippen LogP contribution in [0.5, 0.6) is 11.9 Å². The van der Waals surface area contributed by atoms with Crippen LogP contribution in [0.15, 0.2) is 23.9 Å². The first-order chi connectivity index (χ1) is 16.5. The average molecular weight is 469 g/mol. The fraction of sp³-hybridized carbons (Fsp3) is 0.600. The molecule has 0 bridgehead atoms. The van der Waals surface area contributed by atoms with E-state index in [-0.39, 0.29) is 41.7 Å². The number of nitrogen functional groups attached to an aromatic ring is 1. The zero-order valence-electron chi connectivity index (χ0n) is 19.3. The van der Waals surface area contributed by atoms with Crippen LogP contribution < -0.4 is 15.2 Å². The van der Waals surface area contributed by atoms with E-state index in [4.69, 9.17) is 20.3 Å². The summed E-state index contributed by atoms with van der Waals surface area (Å²) in [6, 6.07) is 0.167. The molecule has 34 heavy (non-hydrogen) atoms. The van der Waals surface area contributed by atoms with Crippen LogP contribution in [0.3, 0.4) is 0 Å². The number of nitrogens with two attached hydrogens (primary N) is 1. The molecule has 1 aliphatic heterocycles. The molecule has 1 aromatic heterocycles. The third-order valence-corrected chi connectivity index (χ3v) is 7.61. The molecule has 2 fully saturated rings. The lowest BCUT2D eigenvalue weighted by Gasteiger charge is -2.33. The van der Waals surface area contributed by atoms with Crippen LogP contribution in [-0.4, -0.2) is 51.1 Å². The quantitative estimate of drug-likeness (QED) is 0.649. The molecule has 0 radical (unpaired) electrons. The molecule has 9 heteroatoms. The summed E-state index contributed by atoms with van der Waals surface area (Å²) >= 11 is 0. The summed E-state index contributed by atoms with van der Waals surface area (Å²) in [4.78, 5) is 34.6. The van der Waals surface area contributed by atoms with Gasteiger partial charge < -0.3 is 25.2 Å². The number of aromatic nitrogens is 2. The van der Waals surface area contributed by atoms with Crippen molar-refractivity contribution in [1.29, 1.82) is 0 Å². The number of allylic oxidation sites excluding steroid dienone is 3. The molecular weight excluding hydrogens is 436 g/mol. The largest absolute Gasteiger partial charge is 0.481 e. The lowest BCUT2D eigenvalue weighted by Crippen LogP contribution is -2.33. The minimum Gasteiger partial charge on any atom is -0.481 e. The summed E-state index contributed by atoms with van der Waals surface area (Å²) in [6.45, 7) is 0.703. The van der Waals surface area contributed by atoms with Crippen LogP contribution in [0.1, 0.15) is 68.1 Å². The van der Waals surface area contributed by atoms with Crippen molar-refractivity contribution in [2.24, 2.45) is 17.8 Å². The molecule has 4 aliphatic rings. The van der Waals surface area contributed by atoms with E-state index in [2.05, 4.69) is 22.1 Å². The van der Waals surface area contributed by atoms with Gasteiger partial charge in [0.05, 0.1) is 6.54 Å². The van der Waals surface area contributed by atoms with Crippen LogP contribution in [0.25, 0.3) is 0 Å². The van der Waals surface area contributed by atoms with Gasteiger partial charge in [-0.1, -0.05) is 12.2 Å². The SMILES string of the molecule is Nc1nc(OC2CCC2)nc2c1C(=O)N(C1=CCC(C3CCC(CC(=O)O)CC3)C=C1)CCO2. The number of nitrogens with zero attached hydrogens (tertiary/aromatic N) is 3. The number of anilines is 1. The molecule has 0 spiro atoms. The highest BCUT2D eigenvalue weighted by atomic mass is 16.5. The lowest BCUT2D eigenvalue weighted by atomic mass is 9.73. The Morgan fingerprint density at radius 3 is 2.65 bits per heavy atom. The Labute approximate surface area is 199 Å². The predicted molar refractivity (Wildman–Crippen MR) is 124 cm³/mol. The van der Waals surface area contributed by atoms with E-state index in [9.17, 15) is 9.59 Å². The maximum absolute atomic E-state index is 13.4. The molecule has 0 aromatic carbocycles. The maximum Gasteiger partial charge on any atom is 0.322 e. The van der Waals surface area contributed by atoms with Crippen molar-refractivity contribution in [2.75, 3.05) is 18.9 Å². The van der Waals surface area contributed by atoms with Crippen LogP contribution in [0.4, 0.5) is 5.82 Å². The van der Waals surface area contributed by atoms with Gasteiger partial charge in [-0.25, -0.2) is 0 Å². The molecule has 2 saturated carbocycles. The van der Waals surface area contributed by atoms with Crippen LogP contribution in [-0.2, 0) is 4.79 Å². The average Bonchev–Trinajstić information content (AvgIpc) is 2.95. The molecular formula is C25H32N4O5. The number of aliphatic carboxylic acids is 1. The van der Waals surface area contributed by atoms with Gasteiger partial charge in [0.25, 0.3) is 5.91 Å². The van der Waals surface area contributed by atoms with E-state index < -0.39 is 5.97 Å². The third kappa shape index (κ3) is 4.74. The molecule has 1 unspecified atom stereocenters. The predicted octanol–water partition coefficient (Wildman–Crippen LogP) is 3.57. The fourth-order valence-electron chi connectivity index (χ4n) is 5.39. The zero-order chi connectivity index (χ0) is 23.7. The van der Waals surface area contributed by atoms with Crippen molar-refractivity contribution in [3.05, 3.63) is 29.5 Å². The Bertz CT molecular complexity index is 1010. The summed E-state index contributed by atoms with van der Waals surface area (Å²) < 4.78 is 11.5. The summed E-state index contributed by atoms with van der Waals surface area (Å²) in [6.07, 6.45) is 14.7. The van der Waals surface area contributed by atoms with Gasteiger partial charge >= 0.3 is 12.0 Å². The van der Waals surface area contributed by atoms with E-state index in [1.54, 1.807) is 4.90 Å². The number of carbonyl (C=O) groups excluding carboxylic acids is 1. The second-order valence-electron chi connectivity index (χ2n) is 9.81. The van der Waals surface area contributed by atoms with Crippen LogP contribution in [0, 0.1) is 17.8 Å². The van der Waals surface area contributed by atoms with Gasteiger partial charge in [-0.2, -0.15) is 9.97 Å². The number of hydrogen-bond acceptors (Lipinski definition) is 7. The second-order valence-corrected chi connectivity index (χ2v) is 9.81. The molecule has 3 N–H and O–H groups in total. The summed E-state index contributed by atoms with van der Waals surface area (Å²) in [5.41, 5.74) is 7.18. The number of amides is 1. The highest BCUT2D eigenvalue weighted by molar-refractivity contribution is 6.02. The summed E-state index contributed by atoms with van der Waals surface area (Å²) in [7, 11) is 0. The molecule has 3 aliphatic carbocycles. The molecule has 0 saturated heterocycles. The van der Waals surface area contributed by atoms with E-state index in [1.165, 1.54) is 0 Å². The number of fused-ring (bicyclic) bond motifs is 1. The standard InChI is InChI=1S/C25H32N4O5/c26-22-21-23(28-25(27-22)34-19-2-1-3-19)33-13-12-29(24(21)32)18-10-8-17(9-11-18)16-6-4-15(5-7-16)14-20(30)31/h8,10-11,15-17,19H,1-7,9,12-14H2,(H,30,31)(H2,26,27,28). The Morgan fingerprint density at radius 1 is 1.21 bits per heavy atom.